The molecule has 18 heavy (non-hydrogen) atoms. The summed E-state index contributed by atoms with van der Waals surface area (Å²) in [6, 6.07) is 0.430. The van der Waals surface area contributed by atoms with Crippen LogP contribution in [0.2, 0.25) is 0 Å². The SMILES string of the molecule is CCCNC(CCO)CN(C)CC1CCN(C)C1. The van der Waals surface area contributed by atoms with E-state index >= 15 is 0 Å². The van der Waals surface area contributed by atoms with E-state index in [1.807, 2.05) is 0 Å². The number of nitrogens with one attached hydrogen (secondary N) is 1. The van der Waals surface area contributed by atoms with Gasteiger partial charge in [-0.25, -0.2) is 0 Å². The van der Waals surface area contributed by atoms with Crippen LogP contribution in [-0.2, 0) is 0 Å². The molecule has 2 N–H and O–H groups in total. The minimum atomic E-state index is 0.279. The van der Waals surface area contributed by atoms with Gasteiger partial charge in [-0.05, 0) is 52.4 Å². The summed E-state index contributed by atoms with van der Waals surface area (Å²) in [7, 11) is 4.41. The summed E-state index contributed by atoms with van der Waals surface area (Å²) in [6.45, 7) is 8.21. The highest BCUT2D eigenvalue weighted by molar-refractivity contribution is 4.77. The van der Waals surface area contributed by atoms with Crippen molar-refractivity contribution in [3.8, 4) is 0 Å². The Hall–Kier alpha value is -0.160. The second-order valence-corrected chi connectivity index (χ2v) is 5.80. The average molecular weight is 257 g/mol. The van der Waals surface area contributed by atoms with Gasteiger partial charge in [0.05, 0.1) is 0 Å². The molecule has 1 fully saturated rings. The lowest BCUT2D eigenvalue weighted by Crippen LogP contribution is -2.42. The van der Waals surface area contributed by atoms with Crippen molar-refractivity contribution in [1.82, 2.24) is 15.1 Å². The van der Waals surface area contributed by atoms with Gasteiger partial charge in [0.15, 0.2) is 0 Å². The molecule has 0 radical (unpaired) electrons. The van der Waals surface area contributed by atoms with Crippen LogP contribution in [0.3, 0.4) is 0 Å². The number of likely N-dealkylation sites (N-methyl/N-ethyl adjacent to an activating group) is 1. The van der Waals surface area contributed by atoms with Crippen LogP contribution in [-0.4, -0.2) is 74.4 Å². The van der Waals surface area contributed by atoms with Crippen molar-refractivity contribution < 1.29 is 5.11 Å². The summed E-state index contributed by atoms with van der Waals surface area (Å²) < 4.78 is 0. The number of rotatable bonds is 9. The summed E-state index contributed by atoms with van der Waals surface area (Å²) in [6.07, 6.45) is 3.34. The first-order chi connectivity index (χ1) is 8.65. The van der Waals surface area contributed by atoms with Crippen molar-refractivity contribution in [2.75, 3.05) is 53.4 Å². The summed E-state index contributed by atoms with van der Waals surface area (Å²) in [4.78, 5) is 4.84. The van der Waals surface area contributed by atoms with Gasteiger partial charge in [0.2, 0.25) is 0 Å². The van der Waals surface area contributed by atoms with E-state index in [2.05, 4.69) is 36.1 Å². The van der Waals surface area contributed by atoms with Gasteiger partial charge in [-0.3, -0.25) is 0 Å². The maximum Gasteiger partial charge on any atom is 0.0446 e. The van der Waals surface area contributed by atoms with Crippen molar-refractivity contribution in [3.05, 3.63) is 0 Å². The van der Waals surface area contributed by atoms with E-state index in [4.69, 9.17) is 5.11 Å². The number of aliphatic hydroxyl groups excluding tert-OH is 1. The number of hydrogen-bond acceptors (Lipinski definition) is 4. The number of likely N-dealkylation sites (tertiary alicyclic amines) is 1. The number of hydrogen-bond donors (Lipinski definition) is 2. The molecule has 2 atom stereocenters. The van der Waals surface area contributed by atoms with E-state index in [1.54, 1.807) is 0 Å². The summed E-state index contributed by atoms with van der Waals surface area (Å²) in [5, 5.41) is 12.6. The second kappa shape index (κ2) is 8.86. The predicted octanol–water partition coefficient (Wildman–Crippen LogP) is 0.621. The molecule has 0 aromatic carbocycles. The summed E-state index contributed by atoms with van der Waals surface area (Å²) in [5.41, 5.74) is 0. The topological polar surface area (TPSA) is 38.7 Å². The first-order valence-corrected chi connectivity index (χ1v) is 7.37. The van der Waals surface area contributed by atoms with Crippen molar-refractivity contribution >= 4 is 0 Å². The molecule has 0 aromatic heterocycles. The lowest BCUT2D eigenvalue weighted by Gasteiger charge is -2.26. The standard InChI is InChI=1S/C14H31N3O/c1-4-7-15-14(6-9-18)12-17(3)11-13-5-8-16(2)10-13/h13-15,18H,4-12H2,1-3H3. The van der Waals surface area contributed by atoms with E-state index < -0.39 is 0 Å². The molecule has 0 saturated carbocycles. The van der Waals surface area contributed by atoms with Crippen molar-refractivity contribution in [2.24, 2.45) is 5.92 Å². The van der Waals surface area contributed by atoms with Crippen LogP contribution in [0, 0.1) is 5.92 Å². The van der Waals surface area contributed by atoms with Crippen molar-refractivity contribution in [1.29, 1.82) is 0 Å². The molecule has 4 nitrogen and oxygen atoms in total. The van der Waals surface area contributed by atoms with E-state index in [9.17, 15) is 0 Å². The Bertz CT molecular complexity index is 213. The molecule has 0 bridgehead atoms. The van der Waals surface area contributed by atoms with Crippen LogP contribution in [0.5, 0.6) is 0 Å². The van der Waals surface area contributed by atoms with Crippen molar-refractivity contribution in [2.45, 2.75) is 32.2 Å². The van der Waals surface area contributed by atoms with Gasteiger partial charge in [0.25, 0.3) is 0 Å². The Morgan fingerprint density at radius 3 is 2.83 bits per heavy atom. The van der Waals surface area contributed by atoms with E-state index in [-0.39, 0.29) is 6.61 Å². The zero-order valence-corrected chi connectivity index (χ0v) is 12.4. The lowest BCUT2D eigenvalue weighted by molar-refractivity contribution is 0.213. The molecule has 1 saturated heterocycles. The maximum absolute atomic E-state index is 9.10. The Balaban J connectivity index is 2.24. The van der Waals surface area contributed by atoms with Gasteiger partial charge in [0, 0.05) is 32.3 Å². The minimum absolute atomic E-state index is 0.279. The summed E-state index contributed by atoms with van der Waals surface area (Å²) in [5.74, 6) is 0.820. The molecule has 2 unspecified atom stereocenters. The highest BCUT2D eigenvalue weighted by atomic mass is 16.3. The van der Waals surface area contributed by atoms with Gasteiger partial charge in [-0.2, -0.15) is 0 Å². The fourth-order valence-electron chi connectivity index (χ4n) is 2.83. The fraction of sp³-hybridized carbons (Fsp3) is 1.00. The molecule has 1 aliphatic rings. The van der Waals surface area contributed by atoms with Gasteiger partial charge >= 0.3 is 0 Å². The highest BCUT2D eigenvalue weighted by Gasteiger charge is 2.21. The van der Waals surface area contributed by atoms with Crippen LogP contribution >= 0.6 is 0 Å². The van der Waals surface area contributed by atoms with Crippen LogP contribution < -0.4 is 5.32 Å². The second-order valence-electron chi connectivity index (χ2n) is 5.80. The summed E-state index contributed by atoms with van der Waals surface area (Å²) >= 11 is 0. The zero-order valence-electron chi connectivity index (χ0n) is 12.4. The quantitative estimate of drug-likeness (QED) is 0.635. The van der Waals surface area contributed by atoms with Crippen LogP contribution in [0.15, 0.2) is 0 Å². The Labute approximate surface area is 112 Å². The zero-order chi connectivity index (χ0) is 13.4. The lowest BCUT2D eigenvalue weighted by atomic mass is 10.1. The molecular weight excluding hydrogens is 226 g/mol. The molecule has 0 spiro atoms. The molecule has 108 valence electrons. The smallest absolute Gasteiger partial charge is 0.0446 e. The first-order valence-electron chi connectivity index (χ1n) is 7.37. The fourth-order valence-corrected chi connectivity index (χ4v) is 2.83. The third-order valence-electron chi connectivity index (χ3n) is 3.75. The van der Waals surface area contributed by atoms with Gasteiger partial charge < -0.3 is 20.2 Å². The molecule has 4 heteroatoms. The average Bonchev–Trinajstić information content (AvgIpc) is 2.71. The molecule has 1 rings (SSSR count). The normalized spacial score (nSPS) is 22.8. The third kappa shape index (κ3) is 6.14. The molecule has 0 aromatic rings. The van der Waals surface area contributed by atoms with Crippen LogP contribution in [0.25, 0.3) is 0 Å². The maximum atomic E-state index is 9.10. The molecule has 0 aliphatic carbocycles. The third-order valence-corrected chi connectivity index (χ3v) is 3.75. The van der Waals surface area contributed by atoms with E-state index in [1.165, 1.54) is 26.1 Å². The Kier molecular flexibility index (Phi) is 7.82. The van der Waals surface area contributed by atoms with Gasteiger partial charge in [-0.1, -0.05) is 6.92 Å². The van der Waals surface area contributed by atoms with E-state index in [0.717, 1.165) is 31.8 Å². The monoisotopic (exact) mass is 257 g/mol. The molecule has 0 amide bonds. The highest BCUT2D eigenvalue weighted by Crippen LogP contribution is 2.15. The van der Waals surface area contributed by atoms with Crippen LogP contribution in [0.1, 0.15) is 26.2 Å². The van der Waals surface area contributed by atoms with E-state index in [0.29, 0.717) is 6.04 Å². The molecule has 1 heterocycles. The Morgan fingerprint density at radius 1 is 1.50 bits per heavy atom. The Morgan fingerprint density at radius 2 is 2.28 bits per heavy atom. The van der Waals surface area contributed by atoms with Crippen molar-refractivity contribution in [3.63, 3.8) is 0 Å². The van der Waals surface area contributed by atoms with Crippen LogP contribution in [0.4, 0.5) is 0 Å². The number of nitrogens with zero attached hydrogens (tertiary/aromatic N) is 2. The largest absolute Gasteiger partial charge is 0.396 e. The predicted molar refractivity (Wildman–Crippen MR) is 76.9 cm³/mol. The molecular formula is C14H31N3O. The van der Waals surface area contributed by atoms with Gasteiger partial charge in [-0.15, -0.1) is 0 Å². The van der Waals surface area contributed by atoms with Gasteiger partial charge in [0.1, 0.15) is 0 Å². The minimum Gasteiger partial charge on any atom is -0.396 e. The number of aliphatic hydroxyl groups is 1. The molecule has 1 aliphatic heterocycles. The first kappa shape index (κ1) is 15.9.